The molecule has 0 unspecified atom stereocenters. The fourth-order valence-corrected chi connectivity index (χ4v) is 2.54. The van der Waals surface area contributed by atoms with Crippen LogP contribution in [0.4, 0.5) is 16.2 Å². The zero-order valence-electron chi connectivity index (χ0n) is 15.3. The summed E-state index contributed by atoms with van der Waals surface area (Å²) in [6.45, 7) is 7.14. The van der Waals surface area contributed by atoms with Crippen molar-refractivity contribution in [2.24, 2.45) is 0 Å². The van der Waals surface area contributed by atoms with E-state index < -0.39 is 6.09 Å². The summed E-state index contributed by atoms with van der Waals surface area (Å²) in [5.74, 6) is 0.449. The molecule has 1 N–H and O–H groups in total. The second-order valence-electron chi connectivity index (χ2n) is 5.76. The van der Waals surface area contributed by atoms with Crippen LogP contribution in [0, 0.1) is 6.92 Å². The van der Waals surface area contributed by atoms with E-state index in [4.69, 9.17) is 21.7 Å². The van der Waals surface area contributed by atoms with E-state index in [-0.39, 0.29) is 0 Å². The van der Waals surface area contributed by atoms with E-state index in [2.05, 4.69) is 5.32 Å². The Kier molecular flexibility index (Phi) is 7.56. The minimum Gasteiger partial charge on any atom is -0.410 e. The van der Waals surface area contributed by atoms with Gasteiger partial charge in [0.05, 0.1) is 18.1 Å². The van der Waals surface area contributed by atoms with E-state index in [1.807, 2.05) is 44.2 Å². The number of anilines is 2. The highest BCUT2D eigenvalue weighted by Gasteiger charge is 2.18. The number of hydrogen-bond donors (Lipinski definition) is 1. The molecule has 0 aliphatic rings. The highest BCUT2D eigenvalue weighted by molar-refractivity contribution is 7.80. The van der Waals surface area contributed by atoms with Gasteiger partial charge in [-0.25, -0.2) is 4.79 Å². The number of thiocarbonyl (C=S) groups is 1. The Balaban J connectivity index is 2.16. The van der Waals surface area contributed by atoms with E-state index in [1.165, 1.54) is 0 Å². The lowest BCUT2D eigenvalue weighted by molar-refractivity contribution is 0.151. The molecule has 5 nitrogen and oxygen atoms in total. The van der Waals surface area contributed by atoms with Crippen LogP contribution in [0.1, 0.15) is 19.4 Å². The lowest BCUT2D eigenvalue weighted by Gasteiger charge is -2.22. The molecule has 1 amide bonds. The monoisotopic (exact) mass is 372 g/mol. The second-order valence-corrected chi connectivity index (χ2v) is 6.38. The van der Waals surface area contributed by atoms with Crippen molar-refractivity contribution in [1.29, 1.82) is 0 Å². The van der Waals surface area contributed by atoms with E-state index >= 15 is 0 Å². The minimum absolute atomic E-state index is 0.410. The highest BCUT2D eigenvalue weighted by atomic mass is 32.1. The number of aryl methyl sites for hydroxylation is 1. The van der Waals surface area contributed by atoms with Gasteiger partial charge in [-0.1, -0.05) is 30.4 Å². The van der Waals surface area contributed by atoms with Crippen LogP contribution in [0.15, 0.2) is 48.5 Å². The normalized spacial score (nSPS) is 10.3. The zero-order chi connectivity index (χ0) is 18.9. The van der Waals surface area contributed by atoms with Crippen LogP contribution in [0.2, 0.25) is 0 Å². The van der Waals surface area contributed by atoms with E-state index in [9.17, 15) is 4.79 Å². The van der Waals surface area contributed by atoms with Gasteiger partial charge in [-0.3, -0.25) is 4.90 Å². The first kappa shape index (κ1) is 19.9. The van der Waals surface area contributed by atoms with Crippen LogP contribution < -0.4 is 15.0 Å². The van der Waals surface area contributed by atoms with Gasteiger partial charge in [-0.05, 0) is 50.6 Å². The number of nitrogens with zero attached hydrogens (tertiary/aromatic N) is 1. The van der Waals surface area contributed by atoms with Gasteiger partial charge in [0.2, 0.25) is 0 Å². The lowest BCUT2D eigenvalue weighted by atomic mass is 10.2. The predicted molar refractivity (Wildman–Crippen MR) is 109 cm³/mol. The first-order chi connectivity index (χ1) is 12.5. The molecule has 0 aliphatic carbocycles. The summed E-state index contributed by atoms with van der Waals surface area (Å²) in [6, 6.07) is 14.9. The highest BCUT2D eigenvalue weighted by Crippen LogP contribution is 2.21. The van der Waals surface area contributed by atoms with Gasteiger partial charge in [0.25, 0.3) is 0 Å². The first-order valence-corrected chi connectivity index (χ1v) is 8.92. The number of hydrogen-bond acceptors (Lipinski definition) is 4. The molecule has 0 aromatic heterocycles. The van der Waals surface area contributed by atoms with E-state index in [0.717, 1.165) is 16.9 Å². The maximum Gasteiger partial charge on any atom is 0.419 e. The van der Waals surface area contributed by atoms with Gasteiger partial charge in [-0.2, -0.15) is 0 Å². The average Bonchev–Trinajstić information content (AvgIpc) is 2.58. The van der Waals surface area contributed by atoms with Crippen molar-refractivity contribution in [3.63, 3.8) is 0 Å². The molecule has 0 saturated heterocycles. The first-order valence-electron chi connectivity index (χ1n) is 8.51. The Morgan fingerprint density at radius 3 is 2.65 bits per heavy atom. The minimum atomic E-state index is -0.452. The molecule has 0 bridgehead atoms. The maximum atomic E-state index is 12.8. The van der Waals surface area contributed by atoms with Crippen LogP contribution in [0.25, 0.3) is 0 Å². The Morgan fingerprint density at radius 1 is 1.19 bits per heavy atom. The Bertz CT molecular complexity index is 764. The van der Waals surface area contributed by atoms with Gasteiger partial charge >= 0.3 is 6.09 Å². The smallest absolute Gasteiger partial charge is 0.410 e. The van der Waals surface area contributed by atoms with Crippen LogP contribution in [0.3, 0.4) is 0 Å². The van der Waals surface area contributed by atoms with Crippen molar-refractivity contribution in [3.8, 4) is 5.75 Å². The number of benzene rings is 2. The third-order valence-electron chi connectivity index (χ3n) is 3.56. The van der Waals surface area contributed by atoms with Crippen molar-refractivity contribution in [2.75, 3.05) is 30.0 Å². The number of carbonyl (C=O) groups is 1. The Hall–Kier alpha value is -2.44. The van der Waals surface area contributed by atoms with Gasteiger partial charge in [0.1, 0.15) is 5.75 Å². The molecule has 0 saturated carbocycles. The van der Waals surface area contributed by atoms with Crippen LogP contribution >= 0.6 is 12.2 Å². The summed E-state index contributed by atoms with van der Waals surface area (Å²) in [6.07, 6.45) is -0.452. The topological polar surface area (TPSA) is 50.8 Å². The van der Waals surface area contributed by atoms with Crippen molar-refractivity contribution >= 4 is 34.7 Å². The third kappa shape index (κ3) is 6.13. The molecule has 138 valence electrons. The van der Waals surface area contributed by atoms with Crippen LogP contribution in [0.5, 0.6) is 5.75 Å². The standard InChI is InChI=1S/C20H24N2O3S/c1-4-24-12-11-22(18-9-5-7-15(2)13-18)20(23)25-19-10-6-8-17(14-19)21-16(3)26/h5-10,13-14H,4,11-12H2,1-3H3,(H,21,26). The number of carbonyl (C=O) groups excluding carboxylic acids is 1. The Morgan fingerprint density at radius 2 is 1.96 bits per heavy atom. The summed E-state index contributed by atoms with van der Waals surface area (Å²) < 4.78 is 11.0. The summed E-state index contributed by atoms with van der Waals surface area (Å²) in [7, 11) is 0. The molecule has 0 fully saturated rings. The molecule has 6 heteroatoms. The molecule has 26 heavy (non-hydrogen) atoms. The zero-order valence-corrected chi connectivity index (χ0v) is 16.1. The molecule has 2 aromatic carbocycles. The van der Waals surface area contributed by atoms with Crippen molar-refractivity contribution < 1.29 is 14.3 Å². The summed E-state index contributed by atoms with van der Waals surface area (Å²) in [5.41, 5.74) is 2.62. The van der Waals surface area contributed by atoms with Gasteiger partial charge < -0.3 is 14.8 Å². The van der Waals surface area contributed by atoms with Gasteiger partial charge in [0.15, 0.2) is 0 Å². The molecule has 0 heterocycles. The second kappa shape index (κ2) is 9.89. The third-order valence-corrected chi connectivity index (χ3v) is 3.66. The molecular formula is C20H24N2O3S. The number of ether oxygens (including phenoxy) is 2. The fourth-order valence-electron chi connectivity index (χ4n) is 2.42. The molecule has 0 atom stereocenters. The van der Waals surface area contributed by atoms with Crippen LogP contribution in [-0.2, 0) is 4.74 Å². The number of nitrogens with one attached hydrogen (secondary N) is 1. The summed E-state index contributed by atoms with van der Waals surface area (Å²) in [5, 5.41) is 3.04. The molecule has 0 spiro atoms. The van der Waals surface area contributed by atoms with Crippen molar-refractivity contribution in [1.82, 2.24) is 0 Å². The van der Waals surface area contributed by atoms with Crippen molar-refractivity contribution in [2.45, 2.75) is 20.8 Å². The van der Waals surface area contributed by atoms with E-state index in [1.54, 1.807) is 30.0 Å². The Labute approximate surface area is 159 Å². The largest absolute Gasteiger partial charge is 0.419 e. The quantitative estimate of drug-likeness (QED) is 0.559. The molecule has 0 radical (unpaired) electrons. The summed E-state index contributed by atoms with van der Waals surface area (Å²) >= 11 is 5.04. The molecule has 2 aromatic rings. The SMILES string of the molecule is CCOCCN(C(=O)Oc1cccc(NC(C)=S)c1)c1cccc(C)c1. The van der Waals surface area contributed by atoms with Gasteiger partial charge in [0, 0.05) is 24.0 Å². The molecule has 0 aliphatic heterocycles. The predicted octanol–water partition coefficient (Wildman–Crippen LogP) is 4.80. The van der Waals surface area contributed by atoms with Crippen molar-refractivity contribution in [3.05, 3.63) is 54.1 Å². The maximum absolute atomic E-state index is 12.8. The number of amides is 1. The van der Waals surface area contributed by atoms with E-state index in [0.29, 0.717) is 30.5 Å². The fraction of sp³-hybridized carbons (Fsp3) is 0.300. The summed E-state index contributed by atoms with van der Waals surface area (Å²) in [4.78, 5) is 15.0. The molecular weight excluding hydrogens is 348 g/mol. The average molecular weight is 372 g/mol. The molecule has 2 rings (SSSR count). The number of rotatable bonds is 7. The van der Waals surface area contributed by atoms with Gasteiger partial charge in [-0.15, -0.1) is 0 Å². The van der Waals surface area contributed by atoms with Crippen LogP contribution in [-0.4, -0.2) is 30.8 Å². The lowest BCUT2D eigenvalue weighted by Crippen LogP contribution is -2.36.